The summed E-state index contributed by atoms with van der Waals surface area (Å²) in [6.45, 7) is 2.09. The van der Waals surface area contributed by atoms with Gasteiger partial charge in [-0.05, 0) is 18.4 Å². The molecule has 0 aliphatic heterocycles. The number of nitrogens with one attached hydrogen (secondary N) is 1. The van der Waals surface area contributed by atoms with E-state index >= 15 is 0 Å². The highest BCUT2D eigenvalue weighted by Gasteiger charge is 2.02. The molecule has 1 aromatic rings. The Balaban J connectivity index is 0.000000583. The Morgan fingerprint density at radius 1 is 1.40 bits per heavy atom. The molecule has 0 saturated heterocycles. The zero-order valence-corrected chi connectivity index (χ0v) is 8.94. The van der Waals surface area contributed by atoms with Crippen molar-refractivity contribution in [3.05, 3.63) is 35.9 Å². The molecule has 0 radical (unpaired) electrons. The van der Waals surface area contributed by atoms with E-state index in [1.54, 1.807) is 0 Å². The molecule has 0 amide bonds. The van der Waals surface area contributed by atoms with E-state index in [1.165, 1.54) is 5.56 Å². The fraction of sp³-hybridized carbons (Fsp3) is 0.417. The fourth-order valence-corrected chi connectivity index (χ4v) is 1.32. The highest BCUT2D eigenvalue weighted by molar-refractivity contribution is 5.26. The summed E-state index contributed by atoms with van der Waals surface area (Å²) in [5.74, 6) is 0. The predicted octanol–water partition coefficient (Wildman–Crippen LogP) is 2.29. The lowest BCUT2D eigenvalue weighted by Crippen LogP contribution is -2.09. The van der Waals surface area contributed by atoms with Crippen molar-refractivity contribution in [1.29, 1.82) is 5.41 Å². The minimum atomic E-state index is -0.169. The monoisotopic (exact) mass is 207 g/mol. The molecule has 1 rings (SSSR count). The summed E-state index contributed by atoms with van der Waals surface area (Å²) < 4.78 is 0. The van der Waals surface area contributed by atoms with Crippen molar-refractivity contribution in [3.63, 3.8) is 0 Å². The van der Waals surface area contributed by atoms with Crippen LogP contribution < -0.4 is 0 Å². The van der Waals surface area contributed by atoms with Gasteiger partial charge >= 0.3 is 0 Å². The number of carbonyl (C=O) groups excluding carboxylic acids is 1. The molecule has 0 aliphatic rings. The third kappa shape index (κ3) is 7.62. The van der Waals surface area contributed by atoms with Crippen LogP contribution in [0.15, 0.2) is 30.3 Å². The molecule has 0 heterocycles. The van der Waals surface area contributed by atoms with Crippen molar-refractivity contribution in [2.75, 3.05) is 0 Å². The minimum absolute atomic E-state index is 0.169. The molecule has 0 aliphatic carbocycles. The minimum Gasteiger partial charge on any atom is -0.393 e. The number of benzene rings is 1. The van der Waals surface area contributed by atoms with Gasteiger partial charge in [-0.3, -0.25) is 0 Å². The van der Waals surface area contributed by atoms with Crippen molar-refractivity contribution < 1.29 is 9.90 Å². The number of hydrogen-bond donors (Lipinski definition) is 2. The summed E-state index contributed by atoms with van der Waals surface area (Å²) in [5, 5.41) is 14.9. The summed E-state index contributed by atoms with van der Waals surface area (Å²) >= 11 is 0. The molecule has 3 nitrogen and oxygen atoms in total. The Morgan fingerprint density at radius 2 is 1.93 bits per heavy atom. The van der Waals surface area contributed by atoms with Gasteiger partial charge in [0.1, 0.15) is 0 Å². The van der Waals surface area contributed by atoms with Gasteiger partial charge in [0.15, 0.2) is 0 Å². The zero-order valence-electron chi connectivity index (χ0n) is 8.94. The average molecular weight is 207 g/mol. The zero-order chi connectivity index (χ0) is 11.5. The molecule has 1 atom stereocenters. The number of rotatable bonds is 4. The Labute approximate surface area is 90.3 Å². The first kappa shape index (κ1) is 13.6. The second-order valence-electron chi connectivity index (χ2n) is 3.23. The van der Waals surface area contributed by atoms with E-state index in [4.69, 9.17) is 10.2 Å². The average Bonchev–Trinajstić information content (AvgIpc) is 2.20. The smallest absolute Gasteiger partial charge is 0.231 e. The van der Waals surface area contributed by atoms with E-state index in [2.05, 4.69) is 19.1 Å². The maximum absolute atomic E-state index is 9.50. The largest absolute Gasteiger partial charge is 0.393 e. The SMILES string of the molecule is CCCC(O)Cc1ccccc1.N=C=O. The molecule has 0 aromatic heterocycles. The Bertz CT molecular complexity index is 279. The molecular formula is C12H17NO2. The van der Waals surface area contributed by atoms with Crippen LogP contribution in [0, 0.1) is 5.41 Å². The standard InChI is InChI=1S/C11H16O.CHNO/c1-2-6-11(12)9-10-7-4-3-5-8-10;2-1-3/h3-5,7-8,11-12H,2,6,9H2,1H3;2H. The van der Waals surface area contributed by atoms with Crippen LogP contribution in [-0.2, 0) is 11.2 Å². The number of aliphatic hydroxyl groups is 1. The van der Waals surface area contributed by atoms with E-state index in [9.17, 15) is 5.11 Å². The Kier molecular flexibility index (Phi) is 8.25. The highest BCUT2D eigenvalue weighted by Crippen LogP contribution is 2.06. The van der Waals surface area contributed by atoms with E-state index < -0.39 is 0 Å². The van der Waals surface area contributed by atoms with Crippen molar-refractivity contribution in [3.8, 4) is 0 Å². The summed E-state index contributed by atoms with van der Waals surface area (Å²) in [5.41, 5.74) is 1.22. The van der Waals surface area contributed by atoms with E-state index in [0.29, 0.717) is 0 Å². The van der Waals surface area contributed by atoms with Crippen molar-refractivity contribution >= 4 is 6.08 Å². The van der Waals surface area contributed by atoms with E-state index in [-0.39, 0.29) is 6.10 Å². The molecule has 0 fully saturated rings. The van der Waals surface area contributed by atoms with Crippen LogP contribution >= 0.6 is 0 Å². The molecule has 0 bridgehead atoms. The molecular weight excluding hydrogens is 190 g/mol. The lowest BCUT2D eigenvalue weighted by molar-refractivity contribution is 0.164. The summed E-state index contributed by atoms with van der Waals surface area (Å²) in [6.07, 6.45) is 3.31. The van der Waals surface area contributed by atoms with E-state index in [0.717, 1.165) is 25.3 Å². The van der Waals surface area contributed by atoms with Crippen LogP contribution in [0.2, 0.25) is 0 Å². The van der Waals surface area contributed by atoms with Gasteiger partial charge in [-0.1, -0.05) is 43.7 Å². The van der Waals surface area contributed by atoms with Gasteiger partial charge < -0.3 is 5.11 Å². The molecule has 3 heteroatoms. The van der Waals surface area contributed by atoms with Gasteiger partial charge in [0.2, 0.25) is 6.08 Å². The van der Waals surface area contributed by atoms with Crippen LogP contribution in [-0.4, -0.2) is 17.3 Å². The molecule has 15 heavy (non-hydrogen) atoms. The first-order valence-corrected chi connectivity index (χ1v) is 5.00. The highest BCUT2D eigenvalue weighted by atomic mass is 16.3. The third-order valence-electron chi connectivity index (χ3n) is 1.94. The van der Waals surface area contributed by atoms with Crippen LogP contribution in [0.25, 0.3) is 0 Å². The molecule has 82 valence electrons. The van der Waals surface area contributed by atoms with Crippen LogP contribution in [0.1, 0.15) is 25.3 Å². The van der Waals surface area contributed by atoms with Gasteiger partial charge in [-0.25, -0.2) is 10.2 Å². The van der Waals surface area contributed by atoms with Gasteiger partial charge in [-0.15, -0.1) is 0 Å². The van der Waals surface area contributed by atoms with Crippen LogP contribution in [0.3, 0.4) is 0 Å². The lowest BCUT2D eigenvalue weighted by Gasteiger charge is -2.08. The Morgan fingerprint density at radius 3 is 2.40 bits per heavy atom. The fourth-order valence-electron chi connectivity index (χ4n) is 1.32. The molecule has 2 N–H and O–H groups in total. The number of isocyanates is 1. The quantitative estimate of drug-likeness (QED) is 0.587. The molecule has 1 unspecified atom stereocenters. The van der Waals surface area contributed by atoms with E-state index in [1.807, 2.05) is 18.2 Å². The topological polar surface area (TPSA) is 61.1 Å². The second kappa shape index (κ2) is 9.13. The van der Waals surface area contributed by atoms with Gasteiger partial charge in [-0.2, -0.15) is 0 Å². The lowest BCUT2D eigenvalue weighted by atomic mass is 10.1. The summed E-state index contributed by atoms with van der Waals surface area (Å²) in [6, 6.07) is 10.1. The molecule has 0 saturated carbocycles. The number of hydrogen-bond acceptors (Lipinski definition) is 3. The molecule has 1 aromatic carbocycles. The maximum atomic E-state index is 9.50. The first-order valence-electron chi connectivity index (χ1n) is 5.00. The predicted molar refractivity (Wildman–Crippen MR) is 59.5 cm³/mol. The molecule has 0 spiro atoms. The van der Waals surface area contributed by atoms with Gasteiger partial charge in [0.05, 0.1) is 6.10 Å². The summed E-state index contributed by atoms with van der Waals surface area (Å²) in [4.78, 5) is 8.35. The van der Waals surface area contributed by atoms with Gasteiger partial charge in [0, 0.05) is 0 Å². The van der Waals surface area contributed by atoms with Crippen LogP contribution in [0.4, 0.5) is 0 Å². The number of aliphatic hydroxyl groups excluding tert-OH is 1. The normalized spacial score (nSPS) is 10.8. The van der Waals surface area contributed by atoms with Crippen LogP contribution in [0.5, 0.6) is 0 Å². The summed E-state index contributed by atoms with van der Waals surface area (Å²) in [7, 11) is 0. The second-order valence-corrected chi connectivity index (χ2v) is 3.23. The van der Waals surface area contributed by atoms with Crippen molar-refractivity contribution in [2.45, 2.75) is 32.3 Å². The third-order valence-corrected chi connectivity index (χ3v) is 1.94. The first-order chi connectivity index (χ1) is 7.24. The van der Waals surface area contributed by atoms with Gasteiger partial charge in [0.25, 0.3) is 0 Å². The maximum Gasteiger partial charge on any atom is 0.231 e. The van der Waals surface area contributed by atoms with Crippen molar-refractivity contribution in [2.24, 2.45) is 0 Å². The Hall–Kier alpha value is -1.44. The van der Waals surface area contributed by atoms with Crippen molar-refractivity contribution in [1.82, 2.24) is 0 Å².